The maximum Gasteiger partial charge on any atom is 0.264 e. The van der Waals surface area contributed by atoms with Crippen molar-refractivity contribution in [1.82, 2.24) is 5.43 Å². The average molecular weight is 504 g/mol. The van der Waals surface area contributed by atoms with Crippen LogP contribution in [0.15, 0.2) is 70.7 Å². The first-order valence-corrected chi connectivity index (χ1v) is 12.2. The molecule has 6 nitrogen and oxygen atoms in total. The summed E-state index contributed by atoms with van der Waals surface area (Å²) in [6.45, 7) is 5.22. The highest BCUT2D eigenvalue weighted by Gasteiger charge is 2.27. The molecule has 0 aromatic heterocycles. The van der Waals surface area contributed by atoms with Crippen LogP contribution in [-0.2, 0) is 14.8 Å². The van der Waals surface area contributed by atoms with Gasteiger partial charge in [-0.05, 0) is 68.3 Å². The monoisotopic (exact) mass is 503 g/mol. The molecule has 0 aliphatic carbocycles. The molecule has 3 aromatic rings. The van der Waals surface area contributed by atoms with Crippen molar-refractivity contribution in [3.05, 3.63) is 93.0 Å². The number of anilines is 1. The van der Waals surface area contributed by atoms with Gasteiger partial charge in [-0.15, -0.1) is 0 Å². The molecule has 0 atom stereocenters. The number of carbonyl (C=O) groups excluding carboxylic acids is 1. The Labute approximate surface area is 203 Å². The van der Waals surface area contributed by atoms with Crippen LogP contribution in [0.2, 0.25) is 10.0 Å². The Kier molecular flexibility index (Phi) is 7.79. The number of amides is 1. The van der Waals surface area contributed by atoms with Crippen LogP contribution in [0.1, 0.15) is 22.3 Å². The number of nitrogens with one attached hydrogen (secondary N) is 1. The summed E-state index contributed by atoms with van der Waals surface area (Å²) in [7, 11) is -4.01. The molecule has 0 aliphatic heterocycles. The van der Waals surface area contributed by atoms with Crippen LogP contribution in [0.3, 0.4) is 0 Å². The van der Waals surface area contributed by atoms with E-state index in [1.807, 2.05) is 26.8 Å². The zero-order valence-corrected chi connectivity index (χ0v) is 20.7. The topological polar surface area (TPSA) is 78.8 Å². The molecule has 9 heteroatoms. The quantitative estimate of drug-likeness (QED) is 0.352. The summed E-state index contributed by atoms with van der Waals surface area (Å²) in [6.07, 6.45) is 1.32. The van der Waals surface area contributed by atoms with Gasteiger partial charge in [-0.25, -0.2) is 13.8 Å². The number of carbonyl (C=O) groups is 1. The maximum absolute atomic E-state index is 13.4. The van der Waals surface area contributed by atoms with Crippen LogP contribution >= 0.6 is 23.2 Å². The molecule has 0 unspecified atom stereocenters. The molecular weight excluding hydrogens is 481 g/mol. The van der Waals surface area contributed by atoms with Crippen LogP contribution in [-0.4, -0.2) is 27.1 Å². The Morgan fingerprint density at radius 2 is 1.61 bits per heavy atom. The Hall–Kier alpha value is -2.87. The molecule has 3 aromatic carbocycles. The van der Waals surface area contributed by atoms with Gasteiger partial charge >= 0.3 is 0 Å². The Morgan fingerprint density at radius 1 is 0.970 bits per heavy atom. The summed E-state index contributed by atoms with van der Waals surface area (Å²) < 4.78 is 27.9. The number of hydrogen-bond acceptors (Lipinski definition) is 4. The zero-order chi connectivity index (χ0) is 24.2. The van der Waals surface area contributed by atoms with Crippen LogP contribution in [0.25, 0.3) is 0 Å². The van der Waals surface area contributed by atoms with Crippen LogP contribution in [0, 0.1) is 20.8 Å². The first-order valence-electron chi connectivity index (χ1n) is 10.0. The minimum atomic E-state index is -4.01. The molecule has 3 rings (SSSR count). The number of sulfonamides is 1. The van der Waals surface area contributed by atoms with Gasteiger partial charge in [0.2, 0.25) is 0 Å². The van der Waals surface area contributed by atoms with E-state index in [0.717, 1.165) is 21.0 Å². The summed E-state index contributed by atoms with van der Waals surface area (Å²) in [5, 5.41) is 4.64. The van der Waals surface area contributed by atoms with Gasteiger partial charge in [0, 0.05) is 5.56 Å². The predicted molar refractivity (Wildman–Crippen MR) is 134 cm³/mol. The van der Waals surface area contributed by atoms with E-state index in [0.29, 0.717) is 21.3 Å². The second-order valence-corrected chi connectivity index (χ2v) is 10.2. The lowest BCUT2D eigenvalue weighted by Gasteiger charge is -2.24. The van der Waals surface area contributed by atoms with Crippen molar-refractivity contribution in [2.75, 3.05) is 10.8 Å². The van der Waals surface area contributed by atoms with Crippen molar-refractivity contribution in [2.24, 2.45) is 5.10 Å². The fourth-order valence-corrected chi connectivity index (χ4v) is 4.91. The molecule has 0 aliphatic rings. The van der Waals surface area contributed by atoms with E-state index in [9.17, 15) is 13.2 Å². The Balaban J connectivity index is 1.89. The lowest BCUT2D eigenvalue weighted by molar-refractivity contribution is -0.119. The normalized spacial score (nSPS) is 11.5. The van der Waals surface area contributed by atoms with Crippen molar-refractivity contribution in [2.45, 2.75) is 25.7 Å². The van der Waals surface area contributed by atoms with E-state index in [2.05, 4.69) is 10.5 Å². The third-order valence-corrected chi connectivity index (χ3v) is 7.50. The molecule has 0 heterocycles. The number of halogens is 2. The lowest BCUT2D eigenvalue weighted by atomic mass is 10.1. The summed E-state index contributed by atoms with van der Waals surface area (Å²) in [5.41, 5.74) is 6.02. The zero-order valence-electron chi connectivity index (χ0n) is 18.3. The smallest absolute Gasteiger partial charge is 0.264 e. The van der Waals surface area contributed by atoms with Gasteiger partial charge in [0.15, 0.2) is 0 Å². The van der Waals surface area contributed by atoms with Gasteiger partial charge in [0.25, 0.3) is 15.9 Å². The highest BCUT2D eigenvalue weighted by molar-refractivity contribution is 7.92. The number of hydrogen-bond donors (Lipinski definition) is 1. The van der Waals surface area contributed by atoms with Gasteiger partial charge in [0.1, 0.15) is 6.54 Å². The third-order valence-electron chi connectivity index (χ3n) is 5.06. The molecule has 172 valence electrons. The van der Waals surface area contributed by atoms with Crippen molar-refractivity contribution in [3.63, 3.8) is 0 Å². The molecule has 0 radical (unpaired) electrons. The SMILES string of the molecule is Cc1ccc(S(=O)(=O)N(CC(=O)NN=Cc2c(Cl)cccc2Cl)c2ccc(C)c(C)c2)cc1. The fraction of sp³-hybridized carbons (Fsp3) is 0.167. The fourth-order valence-electron chi connectivity index (χ4n) is 3.00. The van der Waals surface area contributed by atoms with Crippen LogP contribution in [0.5, 0.6) is 0 Å². The summed E-state index contributed by atoms with van der Waals surface area (Å²) in [6, 6.07) is 16.7. The highest BCUT2D eigenvalue weighted by Crippen LogP contribution is 2.26. The van der Waals surface area contributed by atoms with E-state index in [-0.39, 0.29) is 4.90 Å². The average Bonchev–Trinajstić information content (AvgIpc) is 2.76. The summed E-state index contributed by atoms with van der Waals surface area (Å²) in [5.74, 6) is -0.622. The number of rotatable bonds is 7. The first kappa shape index (κ1) is 24.8. The Morgan fingerprint density at radius 3 is 2.21 bits per heavy atom. The number of nitrogens with zero attached hydrogens (tertiary/aromatic N) is 2. The first-order chi connectivity index (χ1) is 15.6. The van der Waals surface area contributed by atoms with E-state index < -0.39 is 22.5 Å². The van der Waals surface area contributed by atoms with E-state index >= 15 is 0 Å². The minimum absolute atomic E-state index is 0.0884. The van der Waals surface area contributed by atoms with Gasteiger partial charge in [-0.2, -0.15) is 5.10 Å². The molecule has 1 N–H and O–H groups in total. The van der Waals surface area contributed by atoms with E-state index in [1.54, 1.807) is 42.5 Å². The number of benzene rings is 3. The molecule has 0 saturated heterocycles. The number of aryl methyl sites for hydroxylation is 3. The van der Waals surface area contributed by atoms with Crippen molar-refractivity contribution < 1.29 is 13.2 Å². The summed E-state index contributed by atoms with van der Waals surface area (Å²) in [4.78, 5) is 12.8. The van der Waals surface area contributed by atoms with Crippen molar-refractivity contribution in [1.29, 1.82) is 0 Å². The molecule has 0 spiro atoms. The second-order valence-electron chi connectivity index (χ2n) is 7.52. The molecule has 33 heavy (non-hydrogen) atoms. The van der Waals surface area contributed by atoms with E-state index in [1.165, 1.54) is 18.3 Å². The molecular formula is C24H23Cl2N3O3S. The predicted octanol–water partition coefficient (Wildman–Crippen LogP) is 5.26. The molecule has 0 bridgehead atoms. The van der Waals surface area contributed by atoms with Gasteiger partial charge in [-0.3, -0.25) is 9.10 Å². The van der Waals surface area contributed by atoms with Crippen molar-refractivity contribution in [3.8, 4) is 0 Å². The maximum atomic E-state index is 13.4. The van der Waals surface area contributed by atoms with Gasteiger partial charge in [0.05, 0.1) is 26.8 Å². The summed E-state index contributed by atoms with van der Waals surface area (Å²) >= 11 is 12.2. The minimum Gasteiger partial charge on any atom is -0.271 e. The van der Waals surface area contributed by atoms with Crippen LogP contribution < -0.4 is 9.73 Å². The standard InChI is InChI=1S/C24H23Cl2N3O3S/c1-16-7-11-20(12-8-16)33(31,32)29(19-10-9-17(2)18(3)13-19)15-24(30)28-27-14-21-22(25)5-4-6-23(21)26/h4-14H,15H2,1-3H3,(H,28,30). The van der Waals surface area contributed by atoms with Crippen LogP contribution in [0.4, 0.5) is 5.69 Å². The highest BCUT2D eigenvalue weighted by atomic mass is 35.5. The van der Waals surface area contributed by atoms with E-state index in [4.69, 9.17) is 23.2 Å². The molecule has 1 amide bonds. The van der Waals surface area contributed by atoms with Gasteiger partial charge < -0.3 is 0 Å². The second kappa shape index (κ2) is 10.4. The number of hydrazone groups is 1. The Bertz CT molecular complexity index is 1290. The lowest BCUT2D eigenvalue weighted by Crippen LogP contribution is -2.39. The largest absolute Gasteiger partial charge is 0.271 e. The molecule has 0 saturated carbocycles. The van der Waals surface area contributed by atoms with Crippen molar-refractivity contribution >= 4 is 51.0 Å². The third kappa shape index (κ3) is 5.93. The van der Waals surface area contributed by atoms with Gasteiger partial charge in [-0.1, -0.05) is 53.0 Å². The molecule has 0 fully saturated rings.